The average Bonchev–Trinajstić information content (AvgIpc) is 2.93. The van der Waals surface area contributed by atoms with Crippen LogP contribution >= 0.6 is 0 Å². The molecule has 2 aromatic rings. The molecule has 13 heteroatoms. The SMILES string of the molecule is Cc1ccccc1N1CCN(C(=O)Cc2ccc(OC3CCN(C(=O)OC(C)(C)C)CC3)cc2OC(F)(F)F)C(C(N)=O)C1. The summed E-state index contributed by atoms with van der Waals surface area (Å²) in [7, 11) is 0. The molecule has 0 aliphatic carbocycles. The Bertz CT molecular complexity index is 1350. The number of benzene rings is 2. The normalized spacial score (nSPS) is 18.2. The van der Waals surface area contributed by atoms with E-state index in [0.29, 0.717) is 32.5 Å². The number of carbonyl (C=O) groups excluding carboxylic acids is 3. The van der Waals surface area contributed by atoms with E-state index in [1.165, 1.54) is 17.0 Å². The van der Waals surface area contributed by atoms with Gasteiger partial charge in [0.2, 0.25) is 11.8 Å². The van der Waals surface area contributed by atoms with Gasteiger partial charge in [0.05, 0.1) is 6.42 Å². The summed E-state index contributed by atoms with van der Waals surface area (Å²) in [6, 6.07) is 10.6. The molecule has 0 aromatic heterocycles. The number of para-hydroxylation sites is 1. The molecule has 2 aliphatic rings. The van der Waals surface area contributed by atoms with Gasteiger partial charge in [-0.25, -0.2) is 4.79 Å². The third-order valence-corrected chi connectivity index (χ3v) is 7.49. The summed E-state index contributed by atoms with van der Waals surface area (Å²) in [6.07, 6.45) is -5.31. The Morgan fingerprint density at radius 2 is 1.66 bits per heavy atom. The maximum absolute atomic E-state index is 13.4. The molecule has 1 atom stereocenters. The minimum absolute atomic E-state index is 0.0102. The van der Waals surface area contributed by atoms with Crippen molar-refractivity contribution in [2.24, 2.45) is 5.73 Å². The molecule has 2 saturated heterocycles. The van der Waals surface area contributed by atoms with E-state index in [0.717, 1.165) is 17.3 Å². The number of piperidine rings is 1. The lowest BCUT2D eigenvalue weighted by atomic mass is 10.0. The van der Waals surface area contributed by atoms with Crippen molar-refractivity contribution >= 4 is 23.6 Å². The molecular weight excluding hydrogens is 581 g/mol. The average molecular weight is 621 g/mol. The first-order valence-electron chi connectivity index (χ1n) is 14.5. The molecule has 10 nitrogen and oxygen atoms in total. The Kier molecular flexibility index (Phi) is 9.85. The van der Waals surface area contributed by atoms with Crippen LogP contribution in [-0.4, -0.2) is 84.5 Å². The zero-order chi connectivity index (χ0) is 32.2. The lowest BCUT2D eigenvalue weighted by Gasteiger charge is -2.41. The predicted molar refractivity (Wildman–Crippen MR) is 156 cm³/mol. The third kappa shape index (κ3) is 8.70. The first-order valence-corrected chi connectivity index (χ1v) is 14.5. The molecule has 2 N–H and O–H groups in total. The summed E-state index contributed by atoms with van der Waals surface area (Å²) in [5, 5.41) is 0. The molecule has 2 aromatic carbocycles. The van der Waals surface area contributed by atoms with Gasteiger partial charge in [0.1, 0.15) is 29.2 Å². The minimum Gasteiger partial charge on any atom is -0.490 e. The smallest absolute Gasteiger partial charge is 0.490 e. The summed E-state index contributed by atoms with van der Waals surface area (Å²) in [6.45, 7) is 8.77. The zero-order valence-corrected chi connectivity index (χ0v) is 25.4. The number of nitrogens with zero attached hydrogens (tertiary/aromatic N) is 3. The molecule has 2 heterocycles. The molecule has 2 fully saturated rings. The van der Waals surface area contributed by atoms with Gasteiger partial charge in [-0.05, 0) is 45.4 Å². The quantitative estimate of drug-likeness (QED) is 0.488. The van der Waals surface area contributed by atoms with Crippen molar-refractivity contribution in [3.8, 4) is 11.5 Å². The number of hydrogen-bond donors (Lipinski definition) is 1. The Morgan fingerprint density at radius 1 is 0.977 bits per heavy atom. The van der Waals surface area contributed by atoms with Crippen LogP contribution < -0.4 is 20.1 Å². The number of likely N-dealkylation sites (tertiary alicyclic amines) is 1. The molecule has 4 rings (SSSR count). The van der Waals surface area contributed by atoms with E-state index in [4.69, 9.17) is 15.2 Å². The van der Waals surface area contributed by atoms with Crippen LogP contribution in [0.5, 0.6) is 11.5 Å². The molecule has 0 bridgehead atoms. The number of primary amides is 1. The Labute approximate surface area is 254 Å². The van der Waals surface area contributed by atoms with Crippen LogP contribution in [0, 0.1) is 6.92 Å². The van der Waals surface area contributed by atoms with Crippen LogP contribution in [0.25, 0.3) is 0 Å². The molecule has 0 spiro atoms. The second-order valence-corrected chi connectivity index (χ2v) is 12.0. The molecule has 1 unspecified atom stereocenters. The summed E-state index contributed by atoms with van der Waals surface area (Å²) in [5.74, 6) is -1.68. The van der Waals surface area contributed by atoms with Crippen molar-refractivity contribution in [3.63, 3.8) is 0 Å². The predicted octanol–water partition coefficient (Wildman–Crippen LogP) is 4.42. The van der Waals surface area contributed by atoms with E-state index in [1.54, 1.807) is 25.7 Å². The number of amides is 3. The largest absolute Gasteiger partial charge is 0.573 e. The lowest BCUT2D eigenvalue weighted by Crippen LogP contribution is -2.60. The number of hydrogen-bond acceptors (Lipinski definition) is 7. The highest BCUT2D eigenvalue weighted by molar-refractivity contribution is 5.89. The van der Waals surface area contributed by atoms with Gasteiger partial charge < -0.3 is 34.6 Å². The fraction of sp³-hybridized carbons (Fsp3) is 0.516. The highest BCUT2D eigenvalue weighted by Crippen LogP contribution is 2.33. The van der Waals surface area contributed by atoms with Crippen LogP contribution in [0.15, 0.2) is 42.5 Å². The molecular formula is C31H39F3N4O6. The number of aryl methyl sites for hydroxylation is 1. The highest BCUT2D eigenvalue weighted by Gasteiger charge is 2.37. The van der Waals surface area contributed by atoms with Crippen LogP contribution in [0.1, 0.15) is 44.7 Å². The number of rotatable bonds is 7. The zero-order valence-electron chi connectivity index (χ0n) is 25.4. The number of ether oxygens (including phenoxy) is 3. The van der Waals surface area contributed by atoms with Crippen molar-refractivity contribution in [2.75, 3.05) is 37.6 Å². The van der Waals surface area contributed by atoms with Crippen LogP contribution in [0.3, 0.4) is 0 Å². The van der Waals surface area contributed by atoms with Gasteiger partial charge in [0.15, 0.2) is 0 Å². The lowest BCUT2D eigenvalue weighted by molar-refractivity contribution is -0.275. The minimum atomic E-state index is -5.01. The van der Waals surface area contributed by atoms with Gasteiger partial charge in [-0.1, -0.05) is 24.3 Å². The molecule has 240 valence electrons. The molecule has 0 radical (unpaired) electrons. The van der Waals surface area contributed by atoms with Gasteiger partial charge in [0.25, 0.3) is 0 Å². The van der Waals surface area contributed by atoms with Gasteiger partial charge in [-0.15, -0.1) is 13.2 Å². The highest BCUT2D eigenvalue weighted by atomic mass is 19.4. The fourth-order valence-electron chi connectivity index (χ4n) is 5.38. The van der Waals surface area contributed by atoms with Gasteiger partial charge >= 0.3 is 12.5 Å². The summed E-state index contributed by atoms with van der Waals surface area (Å²) in [4.78, 5) is 42.9. The number of carbonyl (C=O) groups is 3. The van der Waals surface area contributed by atoms with Crippen molar-refractivity contribution in [2.45, 2.75) is 71.1 Å². The van der Waals surface area contributed by atoms with Gasteiger partial charge in [-0.3, -0.25) is 9.59 Å². The maximum atomic E-state index is 13.4. The van der Waals surface area contributed by atoms with E-state index >= 15 is 0 Å². The number of alkyl halides is 3. The molecule has 0 saturated carbocycles. The van der Waals surface area contributed by atoms with Crippen molar-refractivity contribution in [1.82, 2.24) is 9.80 Å². The maximum Gasteiger partial charge on any atom is 0.573 e. The number of anilines is 1. The van der Waals surface area contributed by atoms with Gasteiger partial charge in [-0.2, -0.15) is 0 Å². The first kappa shape index (κ1) is 32.7. The Morgan fingerprint density at radius 3 is 2.27 bits per heavy atom. The van der Waals surface area contributed by atoms with E-state index in [9.17, 15) is 27.6 Å². The number of piperazine rings is 1. The van der Waals surface area contributed by atoms with Crippen LogP contribution in [0.4, 0.5) is 23.7 Å². The van der Waals surface area contributed by atoms with Crippen molar-refractivity contribution < 1.29 is 41.8 Å². The summed E-state index contributed by atoms with van der Waals surface area (Å²) < 4.78 is 55.7. The van der Waals surface area contributed by atoms with Crippen LogP contribution in [-0.2, 0) is 20.7 Å². The second kappa shape index (κ2) is 13.2. The van der Waals surface area contributed by atoms with Crippen molar-refractivity contribution in [1.29, 1.82) is 0 Å². The second-order valence-electron chi connectivity index (χ2n) is 12.0. The monoisotopic (exact) mass is 620 g/mol. The molecule has 2 aliphatic heterocycles. The van der Waals surface area contributed by atoms with E-state index < -0.39 is 48.1 Å². The fourth-order valence-corrected chi connectivity index (χ4v) is 5.38. The van der Waals surface area contributed by atoms with E-state index in [1.807, 2.05) is 36.1 Å². The molecule has 3 amide bonds. The van der Waals surface area contributed by atoms with Gasteiger partial charge in [0, 0.05) is 62.9 Å². The summed E-state index contributed by atoms with van der Waals surface area (Å²) in [5.41, 5.74) is 6.94. The van der Waals surface area contributed by atoms with Crippen LogP contribution in [0.2, 0.25) is 0 Å². The first-order chi connectivity index (χ1) is 20.6. The number of halogens is 3. The topological polar surface area (TPSA) is 115 Å². The van der Waals surface area contributed by atoms with E-state index in [2.05, 4.69) is 4.74 Å². The number of nitrogens with two attached hydrogens (primary N) is 1. The van der Waals surface area contributed by atoms with E-state index in [-0.39, 0.29) is 30.5 Å². The Balaban J connectivity index is 1.44. The third-order valence-electron chi connectivity index (χ3n) is 7.49. The standard InChI is InChI=1S/C31H39F3N4O6/c1-20-7-5-6-8-24(20)37-15-16-38(25(19-37)28(35)40)27(39)17-21-9-10-23(18-26(21)43-31(32,33)34)42-22-11-13-36(14-12-22)29(41)44-30(2,3)4/h5-10,18,22,25H,11-17,19H2,1-4H3,(H2,35,40). The van der Waals surface area contributed by atoms with Crippen molar-refractivity contribution in [3.05, 3.63) is 53.6 Å². The Hall–Kier alpha value is -4.16. The summed E-state index contributed by atoms with van der Waals surface area (Å²) >= 11 is 0. The molecule has 44 heavy (non-hydrogen) atoms.